The van der Waals surface area contributed by atoms with Crippen LogP contribution in [0.25, 0.3) is 0 Å². The first kappa shape index (κ1) is 38.1. The molecule has 0 spiro atoms. The third-order valence-electron chi connectivity index (χ3n) is 11.4. The Kier molecular flexibility index (Phi) is 13.6. The van der Waals surface area contributed by atoms with E-state index >= 15 is 0 Å². The molecule has 11 nitrogen and oxygen atoms in total. The van der Waals surface area contributed by atoms with Crippen molar-refractivity contribution in [3.63, 3.8) is 0 Å². The van der Waals surface area contributed by atoms with E-state index < -0.39 is 35.8 Å². The molecule has 1 aliphatic heterocycles. The van der Waals surface area contributed by atoms with Crippen molar-refractivity contribution in [1.82, 2.24) is 10.2 Å². The number of nitrogens with zero attached hydrogens (tertiary/aromatic N) is 1. The molecule has 1 aromatic rings. The monoisotopic (exact) mass is 714 g/mol. The number of aliphatic carboxylic acids is 1. The third kappa shape index (κ3) is 9.21. The second-order valence-electron chi connectivity index (χ2n) is 14.5. The van der Waals surface area contributed by atoms with Gasteiger partial charge in [-0.2, -0.15) is 0 Å². The summed E-state index contributed by atoms with van der Waals surface area (Å²) < 4.78 is 12.1. The molecule has 50 heavy (non-hydrogen) atoms. The predicted molar refractivity (Wildman–Crippen MR) is 188 cm³/mol. The van der Waals surface area contributed by atoms with Gasteiger partial charge in [-0.25, -0.2) is 4.79 Å². The van der Waals surface area contributed by atoms with Crippen LogP contribution in [0.4, 0.5) is 0 Å². The van der Waals surface area contributed by atoms with E-state index in [2.05, 4.69) is 18.3 Å². The fourth-order valence-corrected chi connectivity index (χ4v) is 9.73. The number of hydrogen-bond donors (Lipinski definition) is 3. The number of unbranched alkanes of at least 4 members (excludes halogenated alkanes) is 2. The molecule has 3 N–H and O–H groups in total. The number of aliphatic hydroxyl groups excluding tert-OH is 1. The number of imide groups is 1. The van der Waals surface area contributed by atoms with Gasteiger partial charge < -0.3 is 25.0 Å². The SMILES string of the molecule is CCCCC[C@H](O)CC[C@@H]1[C@H]2Cc3cccc(OCC(=O)O)c3C[C@H]2C[C@H]1OC(=O)[C@@H]1CCCC[C@@H]1C(=O)NCSC1CC(=O)N(CC)C1=O. The lowest BCUT2D eigenvalue weighted by Crippen LogP contribution is -2.42. The number of nitrogens with one attached hydrogen (secondary N) is 1. The molecule has 276 valence electrons. The van der Waals surface area contributed by atoms with Gasteiger partial charge in [0.25, 0.3) is 0 Å². The minimum Gasteiger partial charge on any atom is -0.482 e. The van der Waals surface area contributed by atoms with Crippen LogP contribution in [-0.2, 0) is 41.6 Å². The average Bonchev–Trinajstić information content (AvgIpc) is 3.58. The minimum atomic E-state index is -1.03. The zero-order valence-corrected chi connectivity index (χ0v) is 30.3. The number of carbonyl (C=O) groups excluding carboxylic acids is 4. The quantitative estimate of drug-likeness (QED) is 0.0878. The highest BCUT2D eigenvalue weighted by atomic mass is 32.2. The second-order valence-corrected chi connectivity index (χ2v) is 15.7. The van der Waals surface area contributed by atoms with Gasteiger partial charge in [-0.3, -0.25) is 24.1 Å². The second kappa shape index (κ2) is 17.9. The summed E-state index contributed by atoms with van der Waals surface area (Å²) in [5, 5.41) is 22.4. The normalized spacial score (nSPS) is 28.1. The average molecular weight is 715 g/mol. The first-order valence-electron chi connectivity index (χ1n) is 18.7. The van der Waals surface area contributed by atoms with E-state index in [1.807, 2.05) is 12.1 Å². The summed E-state index contributed by atoms with van der Waals surface area (Å²) in [7, 11) is 0. The molecule has 0 aromatic heterocycles. The topological polar surface area (TPSA) is 160 Å². The number of aliphatic hydroxyl groups is 1. The first-order chi connectivity index (χ1) is 24.1. The van der Waals surface area contributed by atoms with Gasteiger partial charge in [0.2, 0.25) is 17.7 Å². The molecular weight excluding hydrogens is 660 g/mol. The van der Waals surface area contributed by atoms with E-state index in [-0.39, 0.29) is 59.8 Å². The standard InChI is InChI=1S/C38H54N2O9S/c1-3-5-6-11-25(41)15-16-26-29-17-23-10-9-14-31(48-21-35(43)44)30(23)18-24(29)19-32(26)49-38(47)28-13-8-7-12-27(28)36(45)39-22-50-33-20-34(42)40(4-2)37(33)46/h9-10,14,24-29,32-33,41H,3-8,11-13,15-22H2,1-2H3,(H,39,45)(H,43,44)/t24-,25-,26+,27-,28+,29-,32+,33?/m0/s1. The third-order valence-corrected chi connectivity index (χ3v) is 12.4. The summed E-state index contributed by atoms with van der Waals surface area (Å²) in [6.07, 6.45) is 9.64. The summed E-state index contributed by atoms with van der Waals surface area (Å²) >= 11 is 1.25. The summed E-state index contributed by atoms with van der Waals surface area (Å²) in [5.41, 5.74) is 2.15. The summed E-state index contributed by atoms with van der Waals surface area (Å²) in [6.45, 7) is 3.84. The van der Waals surface area contributed by atoms with Gasteiger partial charge >= 0.3 is 11.9 Å². The molecular formula is C38H54N2O9S. The van der Waals surface area contributed by atoms with E-state index in [0.29, 0.717) is 44.4 Å². The number of amides is 3. The van der Waals surface area contributed by atoms with Crippen LogP contribution in [0, 0.1) is 29.6 Å². The number of likely N-dealkylation sites (tertiary alicyclic amines) is 1. The van der Waals surface area contributed by atoms with Crippen LogP contribution in [0.15, 0.2) is 18.2 Å². The van der Waals surface area contributed by atoms with Gasteiger partial charge in [0, 0.05) is 13.0 Å². The maximum Gasteiger partial charge on any atom is 0.341 e. The van der Waals surface area contributed by atoms with Crippen molar-refractivity contribution in [2.45, 2.75) is 121 Å². The van der Waals surface area contributed by atoms with Crippen LogP contribution >= 0.6 is 11.8 Å². The Morgan fingerprint density at radius 1 is 1.04 bits per heavy atom. The summed E-state index contributed by atoms with van der Waals surface area (Å²) in [4.78, 5) is 64.5. The molecule has 12 heteroatoms. The zero-order valence-electron chi connectivity index (χ0n) is 29.5. The maximum absolute atomic E-state index is 14.0. The van der Waals surface area contributed by atoms with Crippen molar-refractivity contribution in [3.8, 4) is 5.75 Å². The Labute approximate surface area is 299 Å². The molecule has 5 rings (SSSR count). The van der Waals surface area contributed by atoms with E-state index in [1.165, 1.54) is 16.7 Å². The van der Waals surface area contributed by atoms with Crippen molar-refractivity contribution in [2.75, 3.05) is 19.0 Å². The van der Waals surface area contributed by atoms with E-state index in [9.17, 15) is 34.2 Å². The Morgan fingerprint density at radius 2 is 1.82 bits per heavy atom. The highest BCUT2D eigenvalue weighted by Gasteiger charge is 2.48. The lowest BCUT2D eigenvalue weighted by Gasteiger charge is -2.33. The van der Waals surface area contributed by atoms with Crippen LogP contribution in [0.3, 0.4) is 0 Å². The van der Waals surface area contributed by atoms with Crippen molar-refractivity contribution in [3.05, 3.63) is 29.3 Å². The number of carbonyl (C=O) groups is 5. The fourth-order valence-electron chi connectivity index (χ4n) is 8.77. The lowest BCUT2D eigenvalue weighted by molar-refractivity contribution is -0.162. The van der Waals surface area contributed by atoms with Crippen molar-refractivity contribution in [1.29, 1.82) is 0 Å². The number of ether oxygens (including phenoxy) is 2. The molecule has 3 fully saturated rings. The first-order valence-corrected chi connectivity index (χ1v) is 19.7. The molecule has 4 aliphatic rings. The predicted octanol–water partition coefficient (Wildman–Crippen LogP) is 4.89. The molecule has 0 radical (unpaired) electrons. The van der Waals surface area contributed by atoms with Gasteiger partial charge in [-0.1, -0.05) is 51.2 Å². The number of hydrogen-bond acceptors (Lipinski definition) is 9. The molecule has 1 aromatic carbocycles. The van der Waals surface area contributed by atoms with Crippen LogP contribution < -0.4 is 10.1 Å². The highest BCUT2D eigenvalue weighted by molar-refractivity contribution is 8.00. The number of thioether (sulfide) groups is 1. The fraction of sp³-hybridized carbons (Fsp3) is 0.711. The number of carboxylic acid groups (broad SMARTS) is 1. The Bertz CT molecular complexity index is 1390. The Hall–Kier alpha value is -3.12. The molecule has 3 amide bonds. The van der Waals surface area contributed by atoms with Crippen LogP contribution in [0.2, 0.25) is 0 Å². The van der Waals surface area contributed by atoms with E-state index in [4.69, 9.17) is 9.47 Å². The number of rotatable bonds is 17. The van der Waals surface area contributed by atoms with Crippen LogP contribution in [-0.4, -0.2) is 81.3 Å². The van der Waals surface area contributed by atoms with Crippen molar-refractivity contribution >= 4 is 41.4 Å². The van der Waals surface area contributed by atoms with Gasteiger partial charge in [-0.15, -0.1) is 11.8 Å². The minimum absolute atomic E-state index is 0.0585. The molecule has 1 heterocycles. The number of carboxylic acids is 1. The number of esters is 1. The zero-order chi connectivity index (χ0) is 35.8. The van der Waals surface area contributed by atoms with E-state index in [1.54, 1.807) is 6.92 Å². The molecule has 2 saturated carbocycles. The maximum atomic E-state index is 14.0. The van der Waals surface area contributed by atoms with Crippen LogP contribution in [0.5, 0.6) is 5.75 Å². The van der Waals surface area contributed by atoms with Crippen LogP contribution in [0.1, 0.15) is 102 Å². The van der Waals surface area contributed by atoms with Gasteiger partial charge in [0.15, 0.2) is 6.61 Å². The molecule has 0 bridgehead atoms. The molecule has 8 atom stereocenters. The largest absolute Gasteiger partial charge is 0.482 e. The van der Waals surface area contributed by atoms with Crippen molar-refractivity contribution < 1.29 is 43.7 Å². The molecule has 1 saturated heterocycles. The lowest BCUT2D eigenvalue weighted by atomic mass is 9.73. The van der Waals surface area contributed by atoms with E-state index in [0.717, 1.165) is 62.5 Å². The Morgan fingerprint density at radius 3 is 2.54 bits per heavy atom. The number of benzene rings is 1. The Balaban J connectivity index is 1.24. The number of fused-ring (bicyclic) bond motifs is 2. The molecule has 3 aliphatic carbocycles. The smallest absolute Gasteiger partial charge is 0.341 e. The van der Waals surface area contributed by atoms with Gasteiger partial charge in [0.05, 0.1) is 29.1 Å². The highest BCUT2D eigenvalue weighted by Crippen LogP contribution is 2.50. The van der Waals surface area contributed by atoms with Gasteiger partial charge in [0.1, 0.15) is 11.9 Å². The summed E-state index contributed by atoms with van der Waals surface area (Å²) in [6, 6.07) is 5.78. The van der Waals surface area contributed by atoms with Gasteiger partial charge in [-0.05, 0) is 93.2 Å². The summed E-state index contributed by atoms with van der Waals surface area (Å²) in [5.74, 6) is -1.79. The molecule has 1 unspecified atom stereocenters. The van der Waals surface area contributed by atoms with Crippen molar-refractivity contribution in [2.24, 2.45) is 29.6 Å².